The highest BCUT2D eigenvalue weighted by Crippen LogP contribution is 2.25. The molecular weight excluding hydrogens is 392 g/mol. The molecule has 1 amide bonds. The number of anilines is 1. The number of aryl methyl sites for hydroxylation is 1. The summed E-state index contributed by atoms with van der Waals surface area (Å²) in [6, 6.07) is 4.48. The minimum atomic E-state index is -0.466. The van der Waals surface area contributed by atoms with Gasteiger partial charge in [-0.15, -0.1) is 24.8 Å². The summed E-state index contributed by atoms with van der Waals surface area (Å²) in [5.41, 5.74) is 8.13. The summed E-state index contributed by atoms with van der Waals surface area (Å²) >= 11 is 0. The molecule has 2 saturated heterocycles. The summed E-state index contributed by atoms with van der Waals surface area (Å²) in [7, 11) is 0. The van der Waals surface area contributed by atoms with Crippen LogP contribution >= 0.6 is 24.8 Å². The number of rotatable bonds is 4. The molecule has 2 atom stereocenters. The van der Waals surface area contributed by atoms with Crippen LogP contribution in [0.1, 0.15) is 31.2 Å². The summed E-state index contributed by atoms with van der Waals surface area (Å²) in [6.07, 6.45) is 3.64. The van der Waals surface area contributed by atoms with Gasteiger partial charge in [-0.3, -0.25) is 4.79 Å². The van der Waals surface area contributed by atoms with E-state index in [2.05, 4.69) is 10.2 Å². The molecule has 0 bridgehead atoms. The van der Waals surface area contributed by atoms with E-state index in [9.17, 15) is 9.18 Å². The maximum atomic E-state index is 13.3. The third kappa shape index (κ3) is 6.21. The van der Waals surface area contributed by atoms with Crippen molar-refractivity contribution >= 4 is 36.4 Å². The van der Waals surface area contributed by atoms with Gasteiger partial charge in [0.1, 0.15) is 5.82 Å². The number of nitrogens with one attached hydrogen (secondary N) is 1. The van der Waals surface area contributed by atoms with Crippen molar-refractivity contribution in [2.75, 3.05) is 31.2 Å². The lowest BCUT2D eigenvalue weighted by Crippen LogP contribution is -2.54. The summed E-state index contributed by atoms with van der Waals surface area (Å²) < 4.78 is 18.7. The number of piperidine rings is 1. The van der Waals surface area contributed by atoms with Gasteiger partial charge in [-0.25, -0.2) is 4.39 Å². The topological polar surface area (TPSA) is 67.6 Å². The average molecular weight is 422 g/mol. The lowest BCUT2D eigenvalue weighted by atomic mass is 9.91. The SMILES string of the molecule is Cc1cc(F)ccc1N1CCCC(NC(=O)C(N)C2CCOCC2)C1.Cl.Cl. The molecule has 2 unspecified atom stereocenters. The molecule has 0 aliphatic carbocycles. The molecule has 8 heteroatoms. The Morgan fingerprint density at radius 1 is 1.30 bits per heavy atom. The maximum absolute atomic E-state index is 13.3. The number of hydrogen-bond donors (Lipinski definition) is 2. The van der Waals surface area contributed by atoms with Crippen LogP contribution in [0, 0.1) is 18.7 Å². The highest BCUT2D eigenvalue weighted by molar-refractivity contribution is 5.85. The molecule has 5 nitrogen and oxygen atoms in total. The van der Waals surface area contributed by atoms with Crippen molar-refractivity contribution in [1.29, 1.82) is 0 Å². The number of nitrogens with two attached hydrogens (primary N) is 1. The second kappa shape index (κ2) is 11.1. The number of carbonyl (C=O) groups excluding carboxylic acids is 1. The van der Waals surface area contributed by atoms with E-state index in [1.54, 1.807) is 6.07 Å². The average Bonchev–Trinajstić information content (AvgIpc) is 2.62. The van der Waals surface area contributed by atoms with Crippen LogP contribution < -0.4 is 16.0 Å². The molecule has 2 heterocycles. The van der Waals surface area contributed by atoms with E-state index in [4.69, 9.17) is 10.5 Å². The zero-order valence-electron chi connectivity index (χ0n) is 15.7. The Labute approximate surface area is 173 Å². The van der Waals surface area contributed by atoms with Crippen molar-refractivity contribution in [3.8, 4) is 0 Å². The highest BCUT2D eigenvalue weighted by Gasteiger charge is 2.29. The van der Waals surface area contributed by atoms with Crippen LogP contribution in [0.4, 0.5) is 10.1 Å². The number of benzene rings is 1. The summed E-state index contributed by atoms with van der Waals surface area (Å²) in [4.78, 5) is 14.7. The molecule has 1 aromatic carbocycles. The first kappa shape index (κ1) is 24.0. The largest absolute Gasteiger partial charge is 0.381 e. The number of ether oxygens (including phenoxy) is 1. The molecule has 3 N–H and O–H groups in total. The van der Waals surface area contributed by atoms with Gasteiger partial charge in [0.15, 0.2) is 0 Å². The molecule has 1 aromatic rings. The van der Waals surface area contributed by atoms with Crippen molar-refractivity contribution < 1.29 is 13.9 Å². The van der Waals surface area contributed by atoms with Gasteiger partial charge in [-0.1, -0.05) is 0 Å². The minimum absolute atomic E-state index is 0. The van der Waals surface area contributed by atoms with E-state index < -0.39 is 6.04 Å². The maximum Gasteiger partial charge on any atom is 0.237 e. The van der Waals surface area contributed by atoms with E-state index in [0.717, 1.165) is 50.0 Å². The Bertz CT molecular complexity index is 615. The van der Waals surface area contributed by atoms with Crippen molar-refractivity contribution in [3.63, 3.8) is 0 Å². The number of halogens is 3. The van der Waals surface area contributed by atoms with Crippen LogP contribution in [-0.4, -0.2) is 44.3 Å². The van der Waals surface area contributed by atoms with Gasteiger partial charge in [-0.2, -0.15) is 0 Å². The third-order valence-electron chi connectivity index (χ3n) is 5.34. The molecule has 0 spiro atoms. The smallest absolute Gasteiger partial charge is 0.237 e. The lowest BCUT2D eigenvalue weighted by Gasteiger charge is -2.36. The monoisotopic (exact) mass is 421 g/mol. The normalized spacial score (nSPS) is 21.6. The Hall–Kier alpha value is -1.08. The van der Waals surface area contributed by atoms with Crippen LogP contribution in [0.25, 0.3) is 0 Å². The van der Waals surface area contributed by atoms with E-state index >= 15 is 0 Å². The van der Waals surface area contributed by atoms with Gasteiger partial charge in [0.05, 0.1) is 6.04 Å². The van der Waals surface area contributed by atoms with Crippen LogP contribution in [0.3, 0.4) is 0 Å². The summed E-state index contributed by atoms with van der Waals surface area (Å²) in [5, 5.41) is 3.13. The fourth-order valence-corrected chi connectivity index (χ4v) is 3.87. The van der Waals surface area contributed by atoms with E-state index in [1.807, 2.05) is 13.0 Å². The van der Waals surface area contributed by atoms with Gasteiger partial charge >= 0.3 is 0 Å². The first-order valence-corrected chi connectivity index (χ1v) is 9.19. The molecule has 2 aliphatic heterocycles. The molecule has 27 heavy (non-hydrogen) atoms. The number of carbonyl (C=O) groups is 1. The van der Waals surface area contributed by atoms with Crippen LogP contribution in [0.2, 0.25) is 0 Å². The van der Waals surface area contributed by atoms with Gasteiger partial charge in [0.25, 0.3) is 0 Å². The predicted octanol–water partition coefficient (Wildman–Crippen LogP) is 2.82. The van der Waals surface area contributed by atoms with Crippen molar-refractivity contribution in [1.82, 2.24) is 5.32 Å². The molecule has 2 fully saturated rings. The predicted molar refractivity (Wildman–Crippen MR) is 111 cm³/mol. The Morgan fingerprint density at radius 3 is 2.67 bits per heavy atom. The number of amides is 1. The minimum Gasteiger partial charge on any atom is -0.381 e. The molecular formula is C19H30Cl2FN3O2. The highest BCUT2D eigenvalue weighted by atomic mass is 35.5. The standard InChI is InChI=1S/C19H28FN3O2.2ClH/c1-13-11-15(20)4-5-17(13)23-8-2-3-16(12-23)22-19(24)18(21)14-6-9-25-10-7-14;;/h4-5,11,14,16,18H,2-3,6-10,12,21H2,1H3,(H,22,24);2*1H. The Kier molecular flexibility index (Phi) is 9.81. The van der Waals surface area contributed by atoms with Crippen molar-refractivity contribution in [3.05, 3.63) is 29.6 Å². The van der Waals surface area contributed by atoms with Gasteiger partial charge in [0.2, 0.25) is 5.91 Å². The van der Waals surface area contributed by atoms with Gasteiger partial charge in [0, 0.05) is 38.0 Å². The third-order valence-corrected chi connectivity index (χ3v) is 5.34. The molecule has 154 valence electrons. The fraction of sp³-hybridized carbons (Fsp3) is 0.632. The molecule has 0 radical (unpaired) electrons. The number of hydrogen-bond acceptors (Lipinski definition) is 4. The zero-order valence-corrected chi connectivity index (χ0v) is 17.3. The summed E-state index contributed by atoms with van der Waals surface area (Å²) in [5.74, 6) is -0.0760. The fourth-order valence-electron chi connectivity index (χ4n) is 3.87. The van der Waals surface area contributed by atoms with Gasteiger partial charge in [-0.05, 0) is 62.3 Å². The second-order valence-corrected chi connectivity index (χ2v) is 7.20. The molecule has 2 aliphatic rings. The molecule has 0 saturated carbocycles. The van der Waals surface area contributed by atoms with Gasteiger partial charge < -0.3 is 20.7 Å². The first-order valence-electron chi connectivity index (χ1n) is 9.19. The second-order valence-electron chi connectivity index (χ2n) is 7.20. The Morgan fingerprint density at radius 2 is 2.00 bits per heavy atom. The first-order chi connectivity index (χ1) is 12.0. The van der Waals surface area contributed by atoms with E-state index in [-0.39, 0.29) is 48.5 Å². The summed E-state index contributed by atoms with van der Waals surface area (Å²) in [6.45, 7) is 4.95. The van der Waals surface area contributed by atoms with E-state index in [1.165, 1.54) is 6.07 Å². The van der Waals surface area contributed by atoms with Crippen LogP contribution in [-0.2, 0) is 9.53 Å². The molecule has 3 rings (SSSR count). The lowest BCUT2D eigenvalue weighted by molar-refractivity contribution is -0.125. The van der Waals surface area contributed by atoms with Crippen LogP contribution in [0.5, 0.6) is 0 Å². The Balaban J connectivity index is 0.00000182. The number of nitrogens with zero attached hydrogens (tertiary/aromatic N) is 1. The molecule has 0 aromatic heterocycles. The van der Waals surface area contributed by atoms with Crippen LogP contribution in [0.15, 0.2) is 18.2 Å². The zero-order chi connectivity index (χ0) is 17.8. The quantitative estimate of drug-likeness (QED) is 0.783. The van der Waals surface area contributed by atoms with E-state index in [0.29, 0.717) is 13.2 Å². The van der Waals surface area contributed by atoms with Crippen molar-refractivity contribution in [2.45, 2.75) is 44.7 Å². The van der Waals surface area contributed by atoms with Crippen molar-refractivity contribution in [2.24, 2.45) is 11.7 Å².